The summed E-state index contributed by atoms with van der Waals surface area (Å²) in [6.45, 7) is 9.23. The second-order valence-corrected chi connectivity index (χ2v) is 13.9. The van der Waals surface area contributed by atoms with Gasteiger partial charge in [-0.15, -0.1) is 0 Å². The fourth-order valence-electron chi connectivity index (χ4n) is 6.98. The van der Waals surface area contributed by atoms with Crippen molar-refractivity contribution in [3.8, 4) is 0 Å². The molecule has 3 aliphatic rings. The molecule has 2 aromatic carbocycles. The van der Waals surface area contributed by atoms with Crippen molar-refractivity contribution in [2.45, 2.75) is 103 Å². The number of hydrazone groups is 1. The van der Waals surface area contributed by atoms with E-state index in [9.17, 15) is 9.59 Å². The van der Waals surface area contributed by atoms with Crippen LogP contribution in [0.5, 0.6) is 0 Å². The number of hydrogen-bond acceptors (Lipinski definition) is 6. The van der Waals surface area contributed by atoms with E-state index in [1.54, 1.807) is 0 Å². The number of amidine groups is 1. The summed E-state index contributed by atoms with van der Waals surface area (Å²) < 4.78 is 0. The predicted octanol–water partition coefficient (Wildman–Crippen LogP) is 5.52. The van der Waals surface area contributed by atoms with Crippen LogP contribution in [0.1, 0.15) is 124 Å². The highest BCUT2D eigenvalue weighted by molar-refractivity contribution is 6.46. The number of nitrogens with two attached hydrogens (primary N) is 2. The average Bonchev–Trinajstić information content (AvgIpc) is 3.83. The van der Waals surface area contributed by atoms with Crippen LogP contribution in [0.15, 0.2) is 58.6 Å². The molecule has 1 spiro atoms. The molecule has 236 valence electrons. The highest BCUT2D eigenvalue weighted by Gasteiger charge is 2.52. The summed E-state index contributed by atoms with van der Waals surface area (Å²) in [5.74, 6) is 6.30. The minimum absolute atomic E-state index is 0.0263. The first-order chi connectivity index (χ1) is 21.1. The second-order valence-electron chi connectivity index (χ2n) is 13.9. The third-order valence-electron chi connectivity index (χ3n) is 9.75. The molecule has 2 saturated carbocycles. The van der Waals surface area contributed by atoms with Crippen LogP contribution in [0.25, 0.3) is 0 Å². The lowest BCUT2D eigenvalue weighted by atomic mass is 9.69. The molecule has 2 fully saturated rings. The first-order valence-electron chi connectivity index (χ1n) is 16.3. The van der Waals surface area contributed by atoms with Crippen LogP contribution in [-0.2, 0) is 4.79 Å². The van der Waals surface area contributed by atoms with Crippen LogP contribution >= 0.6 is 0 Å². The topological polar surface area (TPSA) is 138 Å². The summed E-state index contributed by atoms with van der Waals surface area (Å²) in [6, 6.07) is 16.0. The van der Waals surface area contributed by atoms with E-state index in [1.807, 2.05) is 24.3 Å². The van der Waals surface area contributed by atoms with Crippen molar-refractivity contribution < 1.29 is 9.59 Å². The molecule has 9 nitrogen and oxygen atoms in total. The molecule has 1 unspecified atom stereocenters. The lowest BCUT2D eigenvalue weighted by molar-refractivity contribution is -0.133. The smallest absolute Gasteiger partial charge is 0.275 e. The number of nitrogens with one attached hydrogen (secondary N) is 2. The van der Waals surface area contributed by atoms with Gasteiger partial charge in [-0.2, -0.15) is 5.10 Å². The molecule has 0 saturated heterocycles. The molecule has 5 rings (SSSR count). The van der Waals surface area contributed by atoms with Crippen LogP contribution in [0.3, 0.4) is 0 Å². The maximum absolute atomic E-state index is 14.6. The van der Waals surface area contributed by atoms with E-state index in [0.717, 1.165) is 56.1 Å². The minimum Gasteiger partial charge on any atom is -0.384 e. The predicted molar refractivity (Wildman–Crippen MR) is 176 cm³/mol. The van der Waals surface area contributed by atoms with Gasteiger partial charge in [0.15, 0.2) is 0 Å². The summed E-state index contributed by atoms with van der Waals surface area (Å²) in [7, 11) is 0. The first kappa shape index (κ1) is 31.7. The van der Waals surface area contributed by atoms with Crippen LogP contribution in [0, 0.1) is 11.3 Å². The molecule has 0 bridgehead atoms. The molecule has 2 amide bonds. The molecule has 1 aliphatic heterocycles. The maximum Gasteiger partial charge on any atom is 0.275 e. The van der Waals surface area contributed by atoms with Gasteiger partial charge in [0.05, 0.1) is 12.6 Å². The summed E-state index contributed by atoms with van der Waals surface area (Å²) in [5, 5.41) is 6.43. The molecule has 6 N–H and O–H groups in total. The molecule has 1 heterocycles. The van der Waals surface area contributed by atoms with Gasteiger partial charge < -0.3 is 16.0 Å². The Bertz CT molecular complexity index is 1400. The Balaban J connectivity index is 1.47. The largest absolute Gasteiger partial charge is 0.384 e. The Morgan fingerprint density at radius 1 is 1.11 bits per heavy atom. The van der Waals surface area contributed by atoms with Crippen molar-refractivity contribution in [2.75, 3.05) is 6.54 Å². The summed E-state index contributed by atoms with van der Waals surface area (Å²) in [5.41, 5.74) is 11.9. The summed E-state index contributed by atoms with van der Waals surface area (Å²) in [6.07, 6.45) is 9.07. The Morgan fingerprint density at radius 2 is 1.82 bits per heavy atom. The Labute approximate surface area is 261 Å². The Hall–Kier alpha value is -3.72. The van der Waals surface area contributed by atoms with E-state index in [-0.39, 0.29) is 35.7 Å². The maximum atomic E-state index is 14.6. The molecule has 2 aliphatic carbocycles. The van der Waals surface area contributed by atoms with Crippen molar-refractivity contribution in [3.05, 3.63) is 70.8 Å². The Morgan fingerprint density at radius 3 is 2.43 bits per heavy atom. The number of amides is 2. The van der Waals surface area contributed by atoms with E-state index in [2.05, 4.69) is 72.8 Å². The van der Waals surface area contributed by atoms with Gasteiger partial charge in [0.2, 0.25) is 0 Å². The van der Waals surface area contributed by atoms with Gasteiger partial charge in [-0.25, -0.2) is 11.4 Å². The monoisotopic (exact) mass is 599 g/mol. The van der Waals surface area contributed by atoms with Gasteiger partial charge in [0.1, 0.15) is 17.2 Å². The number of unbranched alkanes of at least 4 members (excludes halogenated alkanes) is 1. The number of aliphatic imine (C=N–C) groups is 1. The van der Waals surface area contributed by atoms with E-state index < -0.39 is 5.66 Å². The van der Waals surface area contributed by atoms with Gasteiger partial charge in [-0.1, -0.05) is 70.9 Å². The fraction of sp³-hybridized carbons (Fsp3) is 0.543. The molecule has 0 radical (unpaired) electrons. The van der Waals surface area contributed by atoms with Crippen LogP contribution < -0.4 is 22.4 Å². The van der Waals surface area contributed by atoms with Crippen LogP contribution in [-0.4, -0.2) is 40.5 Å². The quantitative estimate of drug-likeness (QED) is 0.117. The number of benzene rings is 2. The minimum atomic E-state index is -0.563. The Kier molecular flexibility index (Phi) is 9.44. The van der Waals surface area contributed by atoms with Gasteiger partial charge in [0.25, 0.3) is 11.8 Å². The van der Waals surface area contributed by atoms with Crippen molar-refractivity contribution in [2.24, 2.45) is 33.0 Å². The van der Waals surface area contributed by atoms with E-state index in [0.29, 0.717) is 23.1 Å². The van der Waals surface area contributed by atoms with Crippen molar-refractivity contribution in [3.63, 3.8) is 0 Å². The fourth-order valence-corrected chi connectivity index (χ4v) is 6.98. The van der Waals surface area contributed by atoms with Crippen LogP contribution in [0.4, 0.5) is 0 Å². The van der Waals surface area contributed by atoms with Crippen molar-refractivity contribution >= 4 is 23.4 Å². The molecule has 0 aromatic heterocycles. The lowest BCUT2D eigenvalue weighted by Crippen LogP contribution is -2.51. The van der Waals surface area contributed by atoms with E-state index in [4.69, 9.17) is 16.6 Å². The van der Waals surface area contributed by atoms with Crippen LogP contribution in [0.2, 0.25) is 0 Å². The molecule has 44 heavy (non-hydrogen) atoms. The molecular weight excluding hydrogens is 550 g/mol. The molecule has 2 aromatic rings. The SMILES string of the molecule is CCCCC(c1ccc(C(=O)NCC(N)=NNN)cc1)N1C(=O)C(c2cccc(C3CC3)c2)=NC12CCC(C(C)(C)C)CC2. The van der Waals surface area contributed by atoms with Crippen molar-refractivity contribution in [1.29, 1.82) is 0 Å². The molecule has 9 heteroatoms. The number of carbonyl (C=O) groups excluding carboxylic acids is 2. The third-order valence-corrected chi connectivity index (χ3v) is 9.75. The standard InChI is InChI=1S/C35H49N7O2/c1-5-6-10-29(24-13-15-25(16-14-24)32(43)38-22-30(36)40-41-37)42-33(44)31(27-9-7-8-26(21-27)23-11-12-23)39-35(42)19-17-28(18-20-35)34(2,3)4/h7-9,13-16,21,23,28-29,41H,5-6,10-12,17-20,22,37H2,1-4H3,(H2,36,40)(H,38,43). The second kappa shape index (κ2) is 13.1. The van der Waals surface area contributed by atoms with Crippen molar-refractivity contribution in [1.82, 2.24) is 15.8 Å². The van der Waals surface area contributed by atoms with E-state index in [1.165, 1.54) is 18.4 Å². The van der Waals surface area contributed by atoms with Gasteiger partial charge in [-0.3, -0.25) is 14.6 Å². The average molecular weight is 600 g/mol. The first-order valence-corrected chi connectivity index (χ1v) is 16.3. The highest BCUT2D eigenvalue weighted by atomic mass is 16.2. The van der Waals surface area contributed by atoms with Gasteiger partial charge in [0, 0.05) is 11.1 Å². The number of carbonyl (C=O) groups is 2. The number of nitrogens with zero attached hydrogens (tertiary/aromatic N) is 3. The van der Waals surface area contributed by atoms with Gasteiger partial charge >= 0.3 is 0 Å². The zero-order chi connectivity index (χ0) is 31.5. The normalized spacial score (nSPS) is 23.1. The number of hydrogen-bond donors (Lipinski definition) is 4. The molecular formula is C35H49N7O2. The number of hydrazine groups is 1. The summed E-state index contributed by atoms with van der Waals surface area (Å²) >= 11 is 0. The lowest BCUT2D eigenvalue weighted by Gasteiger charge is -2.47. The highest BCUT2D eigenvalue weighted by Crippen LogP contribution is 2.50. The van der Waals surface area contributed by atoms with E-state index >= 15 is 0 Å². The number of rotatable bonds is 11. The summed E-state index contributed by atoms with van der Waals surface area (Å²) in [4.78, 5) is 34.9. The molecule has 1 atom stereocenters. The van der Waals surface area contributed by atoms with Gasteiger partial charge in [-0.05, 0) is 91.5 Å². The third kappa shape index (κ3) is 6.83. The zero-order valence-corrected chi connectivity index (χ0v) is 26.7. The zero-order valence-electron chi connectivity index (χ0n) is 26.7.